The van der Waals surface area contributed by atoms with Crippen molar-refractivity contribution in [2.24, 2.45) is 0 Å². The first-order valence-electron chi connectivity index (χ1n) is 8.57. The van der Waals surface area contributed by atoms with Gasteiger partial charge in [-0.05, 0) is 26.0 Å². The Kier molecular flexibility index (Phi) is 18.7. The molecule has 0 amide bonds. The van der Waals surface area contributed by atoms with E-state index in [-0.39, 0.29) is 24.8 Å². The maximum atomic E-state index is 11.3. The molecule has 0 fully saturated rings. The van der Waals surface area contributed by atoms with Gasteiger partial charge in [-0.1, -0.05) is 44.7 Å². The minimum absolute atomic E-state index is 0.145. The topological polar surface area (TPSA) is 78.9 Å². The fourth-order valence-corrected chi connectivity index (χ4v) is 1.40. The summed E-state index contributed by atoms with van der Waals surface area (Å²) in [6.07, 6.45) is 1.31. The summed E-state index contributed by atoms with van der Waals surface area (Å²) in [5, 5.41) is 0. The Labute approximate surface area is 156 Å². The molecule has 0 heterocycles. The van der Waals surface area contributed by atoms with Gasteiger partial charge in [0.15, 0.2) is 0 Å². The number of carbonyl (C=O) groups excluding carboxylic acids is 3. The van der Waals surface area contributed by atoms with Crippen LogP contribution in [-0.4, -0.2) is 44.1 Å². The summed E-state index contributed by atoms with van der Waals surface area (Å²) in [5.41, 5.74) is 0.573. The number of hydrogen-bond acceptors (Lipinski definition) is 6. The molecule has 1 aromatic rings. The fourth-order valence-electron chi connectivity index (χ4n) is 1.40. The Bertz CT molecular complexity index is 510. The molecule has 146 valence electrons. The van der Waals surface area contributed by atoms with E-state index >= 15 is 0 Å². The first kappa shape index (κ1) is 25.8. The van der Waals surface area contributed by atoms with Crippen molar-refractivity contribution in [3.8, 4) is 0 Å². The highest BCUT2D eigenvalue weighted by atomic mass is 16.6. The van der Waals surface area contributed by atoms with Crippen LogP contribution in [0.2, 0.25) is 0 Å². The zero-order valence-corrected chi connectivity index (χ0v) is 16.2. The van der Waals surface area contributed by atoms with Gasteiger partial charge in [0.1, 0.15) is 25.4 Å². The van der Waals surface area contributed by atoms with E-state index in [1.54, 1.807) is 24.3 Å². The van der Waals surface area contributed by atoms with Crippen LogP contribution in [0.15, 0.2) is 43.0 Å². The second-order valence-electron chi connectivity index (χ2n) is 4.55. The van der Waals surface area contributed by atoms with Gasteiger partial charge in [0.05, 0.1) is 12.2 Å². The van der Waals surface area contributed by atoms with Crippen LogP contribution in [0, 0.1) is 0 Å². The van der Waals surface area contributed by atoms with Crippen molar-refractivity contribution in [2.75, 3.05) is 26.4 Å². The molecule has 26 heavy (non-hydrogen) atoms. The lowest BCUT2D eigenvalue weighted by Gasteiger charge is -2.04. The lowest BCUT2D eigenvalue weighted by atomic mass is 10.2. The smallest absolute Gasteiger partial charge is 0.338 e. The highest BCUT2D eigenvalue weighted by Crippen LogP contribution is 2.00. The zero-order chi connectivity index (χ0) is 20.2. The van der Waals surface area contributed by atoms with Crippen molar-refractivity contribution in [1.29, 1.82) is 0 Å². The predicted molar refractivity (Wildman–Crippen MR) is 101 cm³/mol. The van der Waals surface area contributed by atoms with Gasteiger partial charge in [0.25, 0.3) is 0 Å². The van der Waals surface area contributed by atoms with Crippen molar-refractivity contribution in [2.45, 2.75) is 34.1 Å². The average Bonchev–Trinajstić information content (AvgIpc) is 2.65. The van der Waals surface area contributed by atoms with E-state index in [4.69, 9.17) is 9.47 Å². The Morgan fingerprint density at radius 3 is 2.15 bits per heavy atom. The van der Waals surface area contributed by atoms with Crippen LogP contribution in [-0.2, 0) is 23.8 Å². The normalized spacial score (nSPS) is 8.77. The molecule has 0 radical (unpaired) electrons. The Morgan fingerprint density at radius 1 is 1.04 bits per heavy atom. The van der Waals surface area contributed by atoms with Crippen LogP contribution in [0.4, 0.5) is 0 Å². The van der Waals surface area contributed by atoms with Gasteiger partial charge < -0.3 is 14.2 Å². The minimum Gasteiger partial charge on any atom is -0.461 e. The van der Waals surface area contributed by atoms with Crippen LogP contribution in [0.5, 0.6) is 0 Å². The molecule has 0 N–H and O–H groups in total. The Morgan fingerprint density at radius 2 is 1.65 bits per heavy atom. The molecule has 1 aromatic carbocycles. The van der Waals surface area contributed by atoms with E-state index in [1.165, 1.54) is 13.0 Å². The molecular formula is C20H30O6. The third-order valence-electron chi connectivity index (χ3n) is 2.43. The van der Waals surface area contributed by atoms with E-state index in [0.29, 0.717) is 25.4 Å². The van der Waals surface area contributed by atoms with Gasteiger partial charge >= 0.3 is 11.9 Å². The highest BCUT2D eigenvalue weighted by molar-refractivity contribution is 5.94. The molecule has 0 aromatic heterocycles. The molecule has 0 atom stereocenters. The molecule has 0 unspecified atom stereocenters. The van der Waals surface area contributed by atoms with E-state index in [1.807, 2.05) is 26.8 Å². The summed E-state index contributed by atoms with van der Waals surface area (Å²) in [6.45, 7) is 12.2. The molecular weight excluding hydrogens is 336 g/mol. The summed E-state index contributed by atoms with van der Waals surface area (Å²) in [7, 11) is 0. The zero-order valence-electron chi connectivity index (χ0n) is 16.2. The summed E-state index contributed by atoms with van der Waals surface area (Å²) >= 11 is 0. The number of esters is 2. The van der Waals surface area contributed by atoms with Crippen molar-refractivity contribution in [3.63, 3.8) is 0 Å². The van der Waals surface area contributed by atoms with Crippen LogP contribution >= 0.6 is 0 Å². The van der Waals surface area contributed by atoms with Crippen molar-refractivity contribution in [1.82, 2.24) is 0 Å². The van der Waals surface area contributed by atoms with Crippen LogP contribution < -0.4 is 0 Å². The maximum Gasteiger partial charge on any atom is 0.338 e. The molecule has 6 heteroatoms. The third kappa shape index (κ3) is 16.4. The van der Waals surface area contributed by atoms with E-state index in [2.05, 4.69) is 11.3 Å². The number of ketones is 1. The molecule has 0 aliphatic carbocycles. The van der Waals surface area contributed by atoms with Gasteiger partial charge in [0.2, 0.25) is 0 Å². The van der Waals surface area contributed by atoms with Crippen LogP contribution in [0.1, 0.15) is 44.5 Å². The molecule has 0 aliphatic rings. The third-order valence-corrected chi connectivity index (χ3v) is 2.43. The quantitative estimate of drug-likeness (QED) is 0.288. The molecule has 0 saturated carbocycles. The maximum absolute atomic E-state index is 11.3. The molecule has 0 bridgehead atoms. The predicted octanol–water partition coefficient (Wildman–Crippen LogP) is 3.60. The Hall–Kier alpha value is -2.47. The van der Waals surface area contributed by atoms with Crippen LogP contribution in [0.3, 0.4) is 0 Å². The van der Waals surface area contributed by atoms with Crippen molar-refractivity contribution in [3.05, 3.63) is 48.6 Å². The molecule has 0 spiro atoms. The average molecular weight is 366 g/mol. The second-order valence-corrected chi connectivity index (χ2v) is 4.55. The Balaban J connectivity index is 0. The van der Waals surface area contributed by atoms with Crippen LogP contribution in [0.25, 0.3) is 0 Å². The highest BCUT2D eigenvalue weighted by Gasteiger charge is 2.04. The summed E-state index contributed by atoms with van der Waals surface area (Å²) in [6, 6.07) is 8.92. The van der Waals surface area contributed by atoms with Gasteiger partial charge in [-0.25, -0.2) is 4.79 Å². The largest absolute Gasteiger partial charge is 0.461 e. The van der Waals surface area contributed by atoms with E-state index < -0.39 is 5.97 Å². The first-order valence-corrected chi connectivity index (χ1v) is 8.57. The lowest BCUT2D eigenvalue weighted by molar-refractivity contribution is -0.144. The lowest BCUT2D eigenvalue weighted by Crippen LogP contribution is -2.10. The van der Waals surface area contributed by atoms with Crippen molar-refractivity contribution >= 4 is 17.7 Å². The van der Waals surface area contributed by atoms with E-state index in [0.717, 1.165) is 0 Å². The number of carbonyl (C=O) groups is 3. The summed E-state index contributed by atoms with van der Waals surface area (Å²) in [4.78, 5) is 32.1. The number of Topliss-reactive ketones (excluding diaryl/α,β-unsaturated/α-hetero) is 1. The molecule has 0 saturated heterocycles. The SMILES string of the molecule is C=CCOC(=O)CC(C)=O.CC.CCOCCOC(=O)c1ccccc1. The number of ether oxygens (including phenoxy) is 3. The number of hydrogen-bond donors (Lipinski definition) is 0. The molecule has 1 rings (SSSR count). The molecule has 6 nitrogen and oxygen atoms in total. The molecule has 0 aliphatic heterocycles. The first-order chi connectivity index (χ1) is 12.5. The van der Waals surface area contributed by atoms with Gasteiger partial charge in [-0.15, -0.1) is 0 Å². The minimum atomic E-state index is -0.493. The fraction of sp³-hybridized carbons (Fsp3) is 0.450. The van der Waals surface area contributed by atoms with Gasteiger partial charge in [-0.3, -0.25) is 9.59 Å². The number of rotatable bonds is 9. The summed E-state index contributed by atoms with van der Waals surface area (Å²) < 4.78 is 14.5. The monoisotopic (exact) mass is 366 g/mol. The number of benzene rings is 1. The standard InChI is InChI=1S/C11H14O3.C7H10O3.C2H6/c1-2-13-8-9-14-11(12)10-6-4-3-5-7-10;1-3-4-10-7(9)5-6(2)8;1-2/h3-7H,2,8-9H2,1H3;3H,1,4-5H2,2H3;1-2H3. The summed E-state index contributed by atoms with van der Waals surface area (Å²) in [5.74, 6) is -0.980. The second kappa shape index (κ2) is 18.9. The van der Waals surface area contributed by atoms with E-state index in [9.17, 15) is 14.4 Å². The van der Waals surface area contributed by atoms with Gasteiger partial charge in [0, 0.05) is 6.61 Å². The van der Waals surface area contributed by atoms with Crippen molar-refractivity contribution < 1.29 is 28.6 Å². The van der Waals surface area contributed by atoms with Gasteiger partial charge in [-0.2, -0.15) is 0 Å².